The second-order valence-electron chi connectivity index (χ2n) is 4.24. The van der Waals surface area contributed by atoms with Crippen LogP contribution < -0.4 is 9.47 Å². The third kappa shape index (κ3) is 1.39. The Morgan fingerprint density at radius 3 is 2.56 bits per heavy atom. The van der Waals surface area contributed by atoms with Crippen molar-refractivity contribution in [1.82, 2.24) is 0 Å². The highest BCUT2D eigenvalue weighted by molar-refractivity contribution is 6.04. The van der Waals surface area contributed by atoms with Gasteiger partial charge in [-0.25, -0.2) is 0 Å². The zero-order chi connectivity index (χ0) is 11.9. The molecule has 0 bridgehead atoms. The molecule has 16 heavy (non-hydrogen) atoms. The number of carbonyl (C=O) groups excluding carboxylic acids is 1. The van der Waals surface area contributed by atoms with Crippen molar-refractivity contribution >= 4 is 5.78 Å². The fourth-order valence-electron chi connectivity index (χ4n) is 2.41. The van der Waals surface area contributed by atoms with Gasteiger partial charge in [0.15, 0.2) is 17.3 Å². The van der Waals surface area contributed by atoms with Crippen LogP contribution in [0.3, 0.4) is 0 Å². The van der Waals surface area contributed by atoms with Crippen LogP contribution in [0.25, 0.3) is 0 Å². The highest BCUT2D eigenvalue weighted by Crippen LogP contribution is 2.40. The van der Waals surface area contributed by atoms with Gasteiger partial charge in [0.25, 0.3) is 0 Å². The molecule has 0 aromatic heterocycles. The number of Topliss-reactive ketones (excluding diaryl/α,β-unsaturated/α-hetero) is 1. The molecule has 1 unspecified atom stereocenters. The smallest absolute Gasteiger partial charge is 0.166 e. The standard InChI is InChI=1S/C13H16O3/c1-7-5-9-6-10(15-3)13(16-4)8(2)11(9)12(7)14/h6-7H,5H2,1-4H3. The normalized spacial score (nSPS) is 18.5. The second-order valence-corrected chi connectivity index (χ2v) is 4.24. The van der Waals surface area contributed by atoms with Crippen LogP contribution in [-0.4, -0.2) is 20.0 Å². The van der Waals surface area contributed by atoms with Gasteiger partial charge >= 0.3 is 0 Å². The van der Waals surface area contributed by atoms with E-state index in [1.807, 2.05) is 19.9 Å². The minimum absolute atomic E-state index is 0.0745. The van der Waals surface area contributed by atoms with E-state index in [0.717, 1.165) is 23.1 Å². The molecule has 1 aliphatic carbocycles. The number of fused-ring (bicyclic) bond motifs is 1. The maximum Gasteiger partial charge on any atom is 0.166 e. The Balaban J connectivity index is 2.66. The third-order valence-electron chi connectivity index (χ3n) is 3.21. The number of hydrogen-bond acceptors (Lipinski definition) is 3. The number of hydrogen-bond donors (Lipinski definition) is 0. The molecule has 0 heterocycles. The predicted octanol–water partition coefficient (Wildman–Crippen LogP) is 2.39. The molecule has 0 fully saturated rings. The van der Waals surface area contributed by atoms with Gasteiger partial charge in [0, 0.05) is 17.0 Å². The minimum Gasteiger partial charge on any atom is -0.493 e. The van der Waals surface area contributed by atoms with Crippen LogP contribution in [0.2, 0.25) is 0 Å². The van der Waals surface area contributed by atoms with E-state index in [2.05, 4.69) is 0 Å². The largest absolute Gasteiger partial charge is 0.493 e. The fraction of sp³-hybridized carbons (Fsp3) is 0.462. The molecule has 0 saturated carbocycles. The summed E-state index contributed by atoms with van der Waals surface area (Å²) in [6.45, 7) is 3.87. The Kier molecular flexibility index (Phi) is 2.62. The minimum atomic E-state index is 0.0745. The number of carbonyl (C=O) groups is 1. The summed E-state index contributed by atoms with van der Waals surface area (Å²) >= 11 is 0. The molecule has 3 nitrogen and oxygen atoms in total. The lowest BCUT2D eigenvalue weighted by molar-refractivity contribution is 0.0945. The van der Waals surface area contributed by atoms with Gasteiger partial charge in [0.2, 0.25) is 0 Å². The van der Waals surface area contributed by atoms with Crippen LogP contribution in [0.4, 0.5) is 0 Å². The average molecular weight is 220 g/mol. The topological polar surface area (TPSA) is 35.5 Å². The van der Waals surface area contributed by atoms with E-state index in [4.69, 9.17) is 9.47 Å². The first-order valence-corrected chi connectivity index (χ1v) is 5.38. The molecule has 1 aromatic carbocycles. The first-order valence-electron chi connectivity index (χ1n) is 5.38. The summed E-state index contributed by atoms with van der Waals surface area (Å²) in [5, 5.41) is 0. The van der Waals surface area contributed by atoms with E-state index in [1.54, 1.807) is 14.2 Å². The number of methoxy groups -OCH3 is 2. The van der Waals surface area contributed by atoms with Gasteiger partial charge in [-0.3, -0.25) is 4.79 Å². The maximum atomic E-state index is 12.0. The summed E-state index contributed by atoms with van der Waals surface area (Å²) in [5.41, 5.74) is 2.80. The predicted molar refractivity (Wildman–Crippen MR) is 61.5 cm³/mol. The molecule has 1 atom stereocenters. The van der Waals surface area contributed by atoms with Crippen molar-refractivity contribution < 1.29 is 14.3 Å². The first kappa shape index (κ1) is 11.0. The molecule has 0 radical (unpaired) electrons. The lowest BCUT2D eigenvalue weighted by Gasteiger charge is -2.13. The van der Waals surface area contributed by atoms with Crippen LogP contribution >= 0.6 is 0 Å². The van der Waals surface area contributed by atoms with E-state index in [-0.39, 0.29) is 11.7 Å². The van der Waals surface area contributed by atoms with Gasteiger partial charge in [0.1, 0.15) is 0 Å². The third-order valence-corrected chi connectivity index (χ3v) is 3.21. The molecule has 1 aromatic rings. The van der Waals surface area contributed by atoms with Gasteiger partial charge in [-0.2, -0.15) is 0 Å². The molecular weight excluding hydrogens is 204 g/mol. The monoisotopic (exact) mass is 220 g/mol. The van der Waals surface area contributed by atoms with Crippen LogP contribution in [-0.2, 0) is 6.42 Å². The molecule has 0 spiro atoms. The first-order chi connectivity index (χ1) is 7.60. The molecule has 2 rings (SSSR count). The molecule has 1 aliphatic rings. The van der Waals surface area contributed by atoms with Gasteiger partial charge in [-0.05, 0) is 25.0 Å². The Labute approximate surface area is 95.4 Å². The van der Waals surface area contributed by atoms with Crippen molar-refractivity contribution in [3.8, 4) is 11.5 Å². The quantitative estimate of drug-likeness (QED) is 0.767. The summed E-state index contributed by atoms with van der Waals surface area (Å²) in [7, 11) is 3.21. The molecule has 0 N–H and O–H groups in total. The Hall–Kier alpha value is -1.51. The van der Waals surface area contributed by atoms with Crippen molar-refractivity contribution in [1.29, 1.82) is 0 Å². The van der Waals surface area contributed by atoms with E-state index in [9.17, 15) is 4.79 Å². The SMILES string of the molecule is COc1cc2c(c(C)c1OC)C(=O)C(C)C2. The van der Waals surface area contributed by atoms with E-state index >= 15 is 0 Å². The number of rotatable bonds is 2. The molecule has 0 saturated heterocycles. The summed E-state index contributed by atoms with van der Waals surface area (Å²) in [6, 6.07) is 1.92. The van der Waals surface area contributed by atoms with Crippen molar-refractivity contribution in [2.75, 3.05) is 14.2 Å². The van der Waals surface area contributed by atoms with Crippen LogP contribution in [0, 0.1) is 12.8 Å². The molecule has 86 valence electrons. The summed E-state index contributed by atoms with van der Waals surface area (Å²) < 4.78 is 10.6. The van der Waals surface area contributed by atoms with Crippen molar-refractivity contribution in [2.24, 2.45) is 5.92 Å². The van der Waals surface area contributed by atoms with Crippen LogP contribution in [0.5, 0.6) is 11.5 Å². The van der Waals surface area contributed by atoms with Crippen molar-refractivity contribution in [3.05, 3.63) is 22.8 Å². The number of ether oxygens (including phenoxy) is 2. The highest BCUT2D eigenvalue weighted by Gasteiger charge is 2.31. The average Bonchev–Trinajstić information content (AvgIpc) is 2.54. The molecular formula is C13H16O3. The Morgan fingerprint density at radius 1 is 1.31 bits per heavy atom. The summed E-state index contributed by atoms with van der Waals surface area (Å²) in [4.78, 5) is 12.0. The van der Waals surface area contributed by atoms with Gasteiger partial charge in [-0.1, -0.05) is 6.92 Å². The molecule has 0 aliphatic heterocycles. The van der Waals surface area contributed by atoms with Crippen molar-refractivity contribution in [2.45, 2.75) is 20.3 Å². The van der Waals surface area contributed by atoms with E-state index < -0.39 is 0 Å². The summed E-state index contributed by atoms with van der Waals surface area (Å²) in [5.74, 6) is 1.67. The number of benzene rings is 1. The van der Waals surface area contributed by atoms with Crippen LogP contribution in [0.15, 0.2) is 6.07 Å². The van der Waals surface area contributed by atoms with Crippen molar-refractivity contribution in [3.63, 3.8) is 0 Å². The molecule has 0 amide bonds. The van der Waals surface area contributed by atoms with Gasteiger partial charge in [-0.15, -0.1) is 0 Å². The molecule has 3 heteroatoms. The zero-order valence-electron chi connectivity index (χ0n) is 10.1. The second kappa shape index (κ2) is 3.81. The summed E-state index contributed by atoms with van der Waals surface area (Å²) in [6.07, 6.45) is 0.801. The Bertz CT molecular complexity index is 449. The lowest BCUT2D eigenvalue weighted by atomic mass is 10.0. The zero-order valence-corrected chi connectivity index (χ0v) is 10.1. The van der Waals surface area contributed by atoms with Gasteiger partial charge < -0.3 is 9.47 Å². The Morgan fingerprint density at radius 2 is 2.00 bits per heavy atom. The fourth-order valence-corrected chi connectivity index (χ4v) is 2.41. The number of ketones is 1. The van der Waals surface area contributed by atoms with E-state index in [1.165, 1.54) is 0 Å². The van der Waals surface area contributed by atoms with Crippen LogP contribution in [0.1, 0.15) is 28.4 Å². The lowest BCUT2D eigenvalue weighted by Crippen LogP contribution is -2.05. The van der Waals surface area contributed by atoms with E-state index in [0.29, 0.717) is 11.5 Å². The van der Waals surface area contributed by atoms with Gasteiger partial charge in [0.05, 0.1) is 14.2 Å². The highest BCUT2D eigenvalue weighted by atomic mass is 16.5. The maximum absolute atomic E-state index is 12.0.